The van der Waals surface area contributed by atoms with Gasteiger partial charge in [0.25, 0.3) is 0 Å². The molecule has 0 aliphatic carbocycles. The molecule has 0 saturated heterocycles. The van der Waals surface area contributed by atoms with Crippen molar-refractivity contribution in [2.45, 2.75) is 4.90 Å². The Labute approximate surface area is 159 Å². The lowest BCUT2D eigenvalue weighted by atomic mass is 10.0. The predicted molar refractivity (Wildman–Crippen MR) is 106 cm³/mol. The number of pyridine rings is 1. The average molecular weight is 400 g/mol. The van der Waals surface area contributed by atoms with E-state index in [1.54, 1.807) is 24.5 Å². The number of fused-ring (bicyclic) bond motifs is 1. The van der Waals surface area contributed by atoms with Gasteiger partial charge in [-0.2, -0.15) is 0 Å². The fraction of sp³-hybridized carbons (Fsp3) is 0.118. The normalized spacial score (nSPS) is 10.8. The molecule has 0 aliphatic heterocycles. The minimum absolute atomic E-state index is 0. The van der Waals surface area contributed by atoms with Crippen LogP contribution in [0.4, 0.5) is 0 Å². The molecule has 25 heavy (non-hydrogen) atoms. The molecular formula is C17H19Cl2N3O2S. The second kappa shape index (κ2) is 9.12. The number of nitrogens with one attached hydrogen (secondary N) is 1. The number of hydrogen-bond acceptors (Lipinski definition) is 4. The van der Waals surface area contributed by atoms with E-state index in [-0.39, 0.29) is 42.8 Å². The highest BCUT2D eigenvalue weighted by molar-refractivity contribution is 7.89. The third-order valence-electron chi connectivity index (χ3n) is 3.55. The van der Waals surface area contributed by atoms with Crippen LogP contribution in [-0.2, 0) is 10.0 Å². The van der Waals surface area contributed by atoms with Crippen molar-refractivity contribution < 1.29 is 8.42 Å². The first-order valence-corrected chi connectivity index (χ1v) is 8.73. The molecule has 2 aromatic carbocycles. The summed E-state index contributed by atoms with van der Waals surface area (Å²) >= 11 is 0. The van der Waals surface area contributed by atoms with E-state index in [1.807, 2.05) is 36.4 Å². The standard InChI is InChI=1S/C17H17N3O2S.2ClH/c18-7-9-20-23(21,22)17-11-14(13-4-2-1-3-5-13)10-15-12-19-8-6-16(15)17;;/h1-6,8,10-12,20H,7,9,18H2;2*1H. The number of rotatable bonds is 5. The number of sulfonamides is 1. The van der Waals surface area contributed by atoms with Crippen molar-refractivity contribution in [2.24, 2.45) is 5.73 Å². The molecule has 134 valence electrons. The van der Waals surface area contributed by atoms with Crippen molar-refractivity contribution in [3.8, 4) is 11.1 Å². The Kier molecular flexibility index (Phi) is 7.79. The third-order valence-corrected chi connectivity index (χ3v) is 5.05. The van der Waals surface area contributed by atoms with E-state index in [2.05, 4.69) is 9.71 Å². The maximum Gasteiger partial charge on any atom is 0.241 e. The number of hydrogen-bond donors (Lipinski definition) is 2. The summed E-state index contributed by atoms with van der Waals surface area (Å²) in [5.41, 5.74) is 7.20. The van der Waals surface area contributed by atoms with Crippen LogP contribution < -0.4 is 10.5 Å². The average Bonchev–Trinajstić information content (AvgIpc) is 2.60. The van der Waals surface area contributed by atoms with Crippen LogP contribution in [-0.4, -0.2) is 26.5 Å². The van der Waals surface area contributed by atoms with Crippen molar-refractivity contribution in [1.82, 2.24) is 9.71 Å². The van der Waals surface area contributed by atoms with Gasteiger partial charge >= 0.3 is 0 Å². The zero-order chi connectivity index (χ0) is 16.3. The quantitative estimate of drug-likeness (QED) is 0.690. The Balaban J connectivity index is 0.00000156. The molecule has 0 amide bonds. The highest BCUT2D eigenvalue weighted by Gasteiger charge is 2.18. The van der Waals surface area contributed by atoms with E-state index >= 15 is 0 Å². The van der Waals surface area contributed by atoms with Crippen LogP contribution in [0, 0.1) is 0 Å². The highest BCUT2D eigenvalue weighted by atomic mass is 35.5. The van der Waals surface area contributed by atoms with Crippen molar-refractivity contribution >= 4 is 45.6 Å². The summed E-state index contributed by atoms with van der Waals surface area (Å²) < 4.78 is 27.7. The van der Waals surface area contributed by atoms with Crippen molar-refractivity contribution in [3.05, 3.63) is 60.9 Å². The molecule has 0 bridgehead atoms. The fourth-order valence-electron chi connectivity index (χ4n) is 2.46. The molecule has 1 heterocycles. The van der Waals surface area contributed by atoms with E-state index in [0.717, 1.165) is 16.5 Å². The third kappa shape index (κ3) is 4.68. The highest BCUT2D eigenvalue weighted by Crippen LogP contribution is 2.29. The minimum Gasteiger partial charge on any atom is -0.329 e. The van der Waals surface area contributed by atoms with Gasteiger partial charge in [-0.15, -0.1) is 24.8 Å². The van der Waals surface area contributed by atoms with E-state index in [0.29, 0.717) is 5.39 Å². The van der Waals surface area contributed by atoms with Crippen LogP contribution in [0.25, 0.3) is 21.9 Å². The zero-order valence-electron chi connectivity index (χ0n) is 13.3. The molecule has 0 aliphatic rings. The predicted octanol–water partition coefficient (Wildman–Crippen LogP) is 2.98. The molecule has 3 N–H and O–H groups in total. The number of nitrogens with two attached hydrogens (primary N) is 1. The van der Waals surface area contributed by atoms with E-state index in [4.69, 9.17) is 5.73 Å². The molecule has 3 aromatic rings. The van der Waals surface area contributed by atoms with Gasteiger partial charge in [0.05, 0.1) is 4.90 Å². The van der Waals surface area contributed by atoms with Gasteiger partial charge in [0.1, 0.15) is 0 Å². The van der Waals surface area contributed by atoms with Crippen molar-refractivity contribution in [1.29, 1.82) is 0 Å². The van der Waals surface area contributed by atoms with Crippen LogP contribution in [0.2, 0.25) is 0 Å². The molecular weight excluding hydrogens is 381 g/mol. The Morgan fingerprint density at radius 1 is 1.00 bits per heavy atom. The van der Waals surface area contributed by atoms with Crippen molar-refractivity contribution in [2.75, 3.05) is 13.1 Å². The zero-order valence-corrected chi connectivity index (χ0v) is 15.7. The van der Waals surface area contributed by atoms with Crippen LogP contribution in [0.1, 0.15) is 0 Å². The molecule has 5 nitrogen and oxygen atoms in total. The second-order valence-electron chi connectivity index (χ2n) is 5.12. The smallest absolute Gasteiger partial charge is 0.241 e. The summed E-state index contributed by atoms with van der Waals surface area (Å²) in [6.45, 7) is 0.446. The second-order valence-corrected chi connectivity index (χ2v) is 6.86. The van der Waals surface area contributed by atoms with Crippen LogP contribution >= 0.6 is 24.8 Å². The van der Waals surface area contributed by atoms with E-state index < -0.39 is 10.0 Å². The lowest BCUT2D eigenvalue weighted by molar-refractivity contribution is 0.583. The Morgan fingerprint density at radius 3 is 2.40 bits per heavy atom. The number of benzene rings is 2. The Hall–Kier alpha value is -1.70. The first kappa shape index (κ1) is 21.3. The molecule has 0 fully saturated rings. The van der Waals surface area contributed by atoms with Crippen LogP contribution in [0.5, 0.6) is 0 Å². The van der Waals surface area contributed by atoms with Gasteiger partial charge in [0, 0.05) is 36.3 Å². The Morgan fingerprint density at radius 2 is 1.72 bits per heavy atom. The summed E-state index contributed by atoms with van der Waals surface area (Å²) in [6.07, 6.45) is 3.26. The molecule has 0 spiro atoms. The lowest BCUT2D eigenvalue weighted by Crippen LogP contribution is -2.29. The summed E-state index contributed by atoms with van der Waals surface area (Å²) in [7, 11) is -3.64. The maximum atomic E-state index is 12.6. The molecule has 8 heteroatoms. The molecule has 0 radical (unpaired) electrons. The maximum absolute atomic E-state index is 12.6. The SMILES string of the molecule is Cl.Cl.NCCNS(=O)(=O)c1cc(-c2ccccc2)cc2cnccc12. The lowest BCUT2D eigenvalue weighted by Gasteiger charge is -2.12. The largest absolute Gasteiger partial charge is 0.329 e. The molecule has 1 aromatic heterocycles. The number of halogens is 2. The van der Waals surface area contributed by atoms with Gasteiger partial charge in [0.15, 0.2) is 0 Å². The van der Waals surface area contributed by atoms with Gasteiger partial charge in [0.2, 0.25) is 10.0 Å². The fourth-order valence-corrected chi connectivity index (χ4v) is 3.76. The van der Waals surface area contributed by atoms with Gasteiger partial charge < -0.3 is 5.73 Å². The van der Waals surface area contributed by atoms with E-state index in [1.165, 1.54) is 0 Å². The number of aromatic nitrogens is 1. The summed E-state index contributed by atoms with van der Waals surface area (Å²) in [4.78, 5) is 4.34. The first-order chi connectivity index (χ1) is 11.1. The van der Waals surface area contributed by atoms with Gasteiger partial charge in [-0.3, -0.25) is 4.98 Å². The summed E-state index contributed by atoms with van der Waals surface area (Å²) in [5.74, 6) is 0. The van der Waals surface area contributed by atoms with E-state index in [9.17, 15) is 8.42 Å². The van der Waals surface area contributed by atoms with Crippen LogP contribution in [0.3, 0.4) is 0 Å². The van der Waals surface area contributed by atoms with Gasteiger partial charge in [-0.1, -0.05) is 30.3 Å². The van der Waals surface area contributed by atoms with Crippen molar-refractivity contribution in [3.63, 3.8) is 0 Å². The molecule has 0 atom stereocenters. The molecule has 0 saturated carbocycles. The number of nitrogens with zero attached hydrogens (tertiary/aromatic N) is 1. The topological polar surface area (TPSA) is 85.1 Å². The molecule has 0 unspecified atom stereocenters. The summed E-state index contributed by atoms with van der Waals surface area (Å²) in [6, 6.07) is 15.0. The Bertz CT molecular complexity index is 935. The minimum atomic E-state index is -3.64. The van der Waals surface area contributed by atoms with Gasteiger partial charge in [-0.25, -0.2) is 13.1 Å². The summed E-state index contributed by atoms with van der Waals surface area (Å²) in [5, 5.41) is 1.42. The van der Waals surface area contributed by atoms with Crippen LogP contribution in [0.15, 0.2) is 65.8 Å². The molecule has 3 rings (SSSR count). The monoisotopic (exact) mass is 399 g/mol. The van der Waals surface area contributed by atoms with Gasteiger partial charge in [-0.05, 0) is 29.3 Å². The first-order valence-electron chi connectivity index (χ1n) is 7.25.